The zero-order valence-corrected chi connectivity index (χ0v) is 17.2. The van der Waals surface area contributed by atoms with Crippen LogP contribution in [0.5, 0.6) is 5.75 Å². The Morgan fingerprint density at radius 2 is 1.69 bits per heavy atom. The smallest absolute Gasteiger partial charge is 0.130 e. The van der Waals surface area contributed by atoms with Gasteiger partial charge in [-0.3, -0.25) is 0 Å². The first kappa shape index (κ1) is 19.3. The summed E-state index contributed by atoms with van der Waals surface area (Å²) in [6, 6.07) is 21.7. The minimum absolute atomic E-state index is 0.581. The molecule has 4 rings (SSSR count). The molecule has 0 spiro atoms. The normalized spacial score (nSPS) is 11.1. The number of hydrogen-bond donors (Lipinski definition) is 1. The summed E-state index contributed by atoms with van der Waals surface area (Å²) in [5, 5.41) is 1.18. The monoisotopic (exact) mass is 420 g/mol. The molecule has 29 heavy (non-hydrogen) atoms. The maximum absolute atomic E-state index is 6.28. The third-order valence-corrected chi connectivity index (χ3v) is 5.11. The van der Waals surface area contributed by atoms with Gasteiger partial charge in [-0.05, 0) is 41.5 Å². The molecule has 1 aromatic heterocycles. The third kappa shape index (κ3) is 4.37. The number of halogens is 2. The van der Waals surface area contributed by atoms with Gasteiger partial charge in [0.05, 0.1) is 24.0 Å². The summed E-state index contributed by atoms with van der Waals surface area (Å²) in [5.41, 5.74) is 4.89. The summed E-state index contributed by atoms with van der Waals surface area (Å²) in [6.45, 7) is 0. The van der Waals surface area contributed by atoms with Gasteiger partial charge in [0.1, 0.15) is 11.6 Å². The van der Waals surface area contributed by atoms with E-state index < -0.39 is 0 Å². The van der Waals surface area contributed by atoms with Crippen LogP contribution in [0.2, 0.25) is 10.0 Å². The fourth-order valence-electron chi connectivity index (χ4n) is 3.11. The molecule has 0 aliphatic heterocycles. The largest absolute Gasteiger partial charge is 0.496 e. The van der Waals surface area contributed by atoms with Gasteiger partial charge in [0.15, 0.2) is 0 Å². The number of benzene rings is 3. The summed E-state index contributed by atoms with van der Waals surface area (Å²) in [7, 11) is 1.68. The number of imidazole rings is 1. The van der Waals surface area contributed by atoms with Crippen LogP contribution in [0.15, 0.2) is 72.9 Å². The predicted octanol–water partition coefficient (Wildman–Crippen LogP) is 7.23. The Morgan fingerprint density at radius 3 is 2.45 bits per heavy atom. The third-order valence-electron chi connectivity index (χ3n) is 4.56. The van der Waals surface area contributed by atoms with Gasteiger partial charge in [0.2, 0.25) is 0 Å². The highest BCUT2D eigenvalue weighted by molar-refractivity contribution is 6.36. The molecular formula is C24H18Cl2N2O. The molecule has 0 amide bonds. The average Bonchev–Trinajstić information content (AvgIpc) is 3.21. The van der Waals surface area contributed by atoms with Crippen molar-refractivity contribution in [2.24, 2.45) is 0 Å². The Kier molecular flexibility index (Phi) is 5.70. The zero-order valence-electron chi connectivity index (χ0n) is 15.7. The van der Waals surface area contributed by atoms with Gasteiger partial charge >= 0.3 is 0 Å². The molecule has 3 nitrogen and oxygen atoms in total. The van der Waals surface area contributed by atoms with E-state index in [0.717, 1.165) is 39.5 Å². The minimum atomic E-state index is 0.581. The van der Waals surface area contributed by atoms with Gasteiger partial charge in [0, 0.05) is 16.1 Å². The van der Waals surface area contributed by atoms with Gasteiger partial charge in [-0.15, -0.1) is 0 Å². The molecule has 0 saturated carbocycles. The lowest BCUT2D eigenvalue weighted by Crippen LogP contribution is -1.89. The second-order valence-corrected chi connectivity index (χ2v) is 7.31. The highest BCUT2D eigenvalue weighted by Crippen LogP contribution is 2.32. The quantitative estimate of drug-likeness (QED) is 0.369. The van der Waals surface area contributed by atoms with Crippen molar-refractivity contribution >= 4 is 35.4 Å². The van der Waals surface area contributed by atoms with Gasteiger partial charge in [-0.1, -0.05) is 71.7 Å². The molecule has 144 valence electrons. The van der Waals surface area contributed by atoms with E-state index in [-0.39, 0.29) is 0 Å². The van der Waals surface area contributed by atoms with E-state index in [1.165, 1.54) is 0 Å². The van der Waals surface area contributed by atoms with E-state index in [0.29, 0.717) is 10.0 Å². The van der Waals surface area contributed by atoms with Crippen molar-refractivity contribution < 1.29 is 4.74 Å². The first-order chi connectivity index (χ1) is 14.1. The number of hydrogen-bond acceptors (Lipinski definition) is 2. The zero-order chi connectivity index (χ0) is 20.2. The lowest BCUT2D eigenvalue weighted by atomic mass is 10.0. The Labute approximate surface area is 179 Å². The number of methoxy groups -OCH3 is 1. The highest BCUT2D eigenvalue weighted by Gasteiger charge is 2.08. The topological polar surface area (TPSA) is 37.9 Å². The van der Waals surface area contributed by atoms with Crippen molar-refractivity contribution in [2.75, 3.05) is 7.11 Å². The van der Waals surface area contributed by atoms with Gasteiger partial charge in [-0.2, -0.15) is 0 Å². The molecule has 1 N–H and O–H groups in total. The fraction of sp³-hybridized carbons (Fsp3) is 0.0417. The van der Waals surface area contributed by atoms with Gasteiger partial charge < -0.3 is 9.72 Å². The SMILES string of the molecule is COc1cc(/C=C/c2ncc(-c3ccc(Cl)cc3Cl)[nH]2)ccc1-c1ccccc1. The predicted molar refractivity (Wildman–Crippen MR) is 121 cm³/mol. The van der Waals surface area contributed by atoms with Crippen LogP contribution in [0, 0.1) is 0 Å². The first-order valence-electron chi connectivity index (χ1n) is 9.06. The molecule has 4 aromatic rings. The van der Waals surface area contributed by atoms with Gasteiger partial charge in [-0.25, -0.2) is 4.98 Å². The molecule has 0 unspecified atom stereocenters. The molecule has 0 aliphatic carbocycles. The van der Waals surface area contributed by atoms with Crippen LogP contribution >= 0.6 is 23.2 Å². The van der Waals surface area contributed by atoms with Crippen molar-refractivity contribution in [3.8, 4) is 28.1 Å². The van der Waals surface area contributed by atoms with Crippen molar-refractivity contribution in [2.45, 2.75) is 0 Å². The van der Waals surface area contributed by atoms with E-state index in [1.54, 1.807) is 25.4 Å². The standard InChI is InChI=1S/C24H18Cl2N2O/c1-29-23-13-16(7-10-19(23)17-5-3-2-4-6-17)8-12-24-27-15-22(28-24)20-11-9-18(25)14-21(20)26/h2-15H,1H3,(H,27,28)/b12-8+. The maximum Gasteiger partial charge on any atom is 0.130 e. The number of nitrogens with zero attached hydrogens (tertiary/aromatic N) is 1. The lowest BCUT2D eigenvalue weighted by molar-refractivity contribution is 0.416. The second kappa shape index (κ2) is 8.56. The average molecular weight is 421 g/mol. The second-order valence-electron chi connectivity index (χ2n) is 6.47. The molecule has 0 aliphatic rings. The maximum atomic E-state index is 6.28. The summed E-state index contributed by atoms with van der Waals surface area (Å²) in [5.74, 6) is 1.56. The van der Waals surface area contributed by atoms with Crippen LogP contribution in [0.3, 0.4) is 0 Å². The van der Waals surface area contributed by atoms with Crippen molar-refractivity contribution in [3.05, 3.63) is 94.4 Å². The van der Waals surface area contributed by atoms with Gasteiger partial charge in [0.25, 0.3) is 0 Å². The van der Waals surface area contributed by atoms with Crippen LogP contribution in [0.4, 0.5) is 0 Å². The molecule has 3 aromatic carbocycles. The Balaban J connectivity index is 1.57. The minimum Gasteiger partial charge on any atom is -0.496 e. The van der Waals surface area contributed by atoms with E-state index in [2.05, 4.69) is 34.2 Å². The summed E-state index contributed by atoms with van der Waals surface area (Å²) in [4.78, 5) is 7.68. The van der Waals surface area contributed by atoms with E-state index in [1.807, 2.05) is 42.5 Å². The van der Waals surface area contributed by atoms with Crippen molar-refractivity contribution in [3.63, 3.8) is 0 Å². The molecular weight excluding hydrogens is 403 g/mol. The van der Waals surface area contributed by atoms with E-state index in [4.69, 9.17) is 27.9 Å². The number of aromatic nitrogens is 2. The van der Waals surface area contributed by atoms with E-state index in [9.17, 15) is 0 Å². The van der Waals surface area contributed by atoms with Crippen molar-refractivity contribution in [1.29, 1.82) is 0 Å². The Morgan fingerprint density at radius 1 is 0.897 bits per heavy atom. The number of aromatic amines is 1. The van der Waals surface area contributed by atoms with Crippen LogP contribution in [0.25, 0.3) is 34.5 Å². The first-order valence-corrected chi connectivity index (χ1v) is 9.81. The lowest BCUT2D eigenvalue weighted by Gasteiger charge is -2.09. The summed E-state index contributed by atoms with van der Waals surface area (Å²) in [6.07, 6.45) is 5.67. The highest BCUT2D eigenvalue weighted by atomic mass is 35.5. The fourth-order valence-corrected chi connectivity index (χ4v) is 3.62. The van der Waals surface area contributed by atoms with Crippen LogP contribution in [-0.2, 0) is 0 Å². The molecule has 0 saturated heterocycles. The molecule has 5 heteroatoms. The Bertz CT molecular complexity index is 1170. The summed E-state index contributed by atoms with van der Waals surface area (Å²) >= 11 is 12.3. The van der Waals surface area contributed by atoms with Crippen LogP contribution in [-0.4, -0.2) is 17.1 Å². The van der Waals surface area contributed by atoms with Crippen molar-refractivity contribution in [1.82, 2.24) is 9.97 Å². The molecule has 0 bridgehead atoms. The van der Waals surface area contributed by atoms with Crippen LogP contribution in [0.1, 0.15) is 11.4 Å². The molecule has 1 heterocycles. The molecule has 0 fully saturated rings. The van der Waals surface area contributed by atoms with Crippen LogP contribution < -0.4 is 4.74 Å². The number of H-pyrrole nitrogens is 1. The molecule has 0 radical (unpaired) electrons. The van der Waals surface area contributed by atoms with E-state index >= 15 is 0 Å². The number of nitrogens with one attached hydrogen (secondary N) is 1. The number of rotatable bonds is 5. The Hall–Kier alpha value is -3.01. The number of ether oxygens (including phenoxy) is 1. The summed E-state index contributed by atoms with van der Waals surface area (Å²) < 4.78 is 5.59. The molecule has 0 atom stereocenters.